The van der Waals surface area contributed by atoms with Crippen LogP contribution in [0.5, 0.6) is 0 Å². The Kier molecular flexibility index (Phi) is 5.08. The van der Waals surface area contributed by atoms with Crippen LogP contribution in [-0.4, -0.2) is 39.4 Å². The molecule has 1 aromatic heterocycles. The maximum Gasteiger partial charge on any atom is 0.123 e. The monoisotopic (exact) mass is 317 g/mol. The van der Waals surface area contributed by atoms with Gasteiger partial charge in [-0.05, 0) is 62.0 Å². The zero-order chi connectivity index (χ0) is 16.2. The molecule has 2 heterocycles. The minimum atomic E-state index is -0.634. The van der Waals surface area contributed by atoms with E-state index in [0.717, 1.165) is 32.5 Å². The van der Waals surface area contributed by atoms with Crippen LogP contribution >= 0.6 is 0 Å². The molecule has 1 aliphatic rings. The number of hydrogen-bond donors (Lipinski definition) is 1. The Morgan fingerprint density at radius 2 is 2.13 bits per heavy atom. The Morgan fingerprint density at radius 3 is 2.78 bits per heavy atom. The van der Waals surface area contributed by atoms with Gasteiger partial charge in [-0.3, -0.25) is 4.68 Å². The number of piperidine rings is 1. The van der Waals surface area contributed by atoms with E-state index >= 15 is 0 Å². The lowest BCUT2D eigenvalue weighted by Gasteiger charge is -2.32. The summed E-state index contributed by atoms with van der Waals surface area (Å²) >= 11 is 0. The lowest BCUT2D eigenvalue weighted by atomic mass is 9.91. The maximum absolute atomic E-state index is 13.2. The van der Waals surface area contributed by atoms with Crippen molar-refractivity contribution in [3.63, 3.8) is 0 Å². The Bertz CT molecular complexity index is 635. The third kappa shape index (κ3) is 3.98. The summed E-state index contributed by atoms with van der Waals surface area (Å²) in [7, 11) is 0. The van der Waals surface area contributed by atoms with E-state index in [1.54, 1.807) is 12.1 Å². The Balaban J connectivity index is 1.52. The van der Waals surface area contributed by atoms with Crippen LogP contribution in [0, 0.1) is 5.82 Å². The minimum absolute atomic E-state index is 0.298. The van der Waals surface area contributed by atoms with Crippen LogP contribution in [-0.2, 0) is 6.54 Å². The van der Waals surface area contributed by atoms with E-state index in [4.69, 9.17) is 0 Å². The third-order valence-electron chi connectivity index (χ3n) is 4.70. The molecule has 1 N–H and O–H groups in total. The average molecular weight is 317 g/mol. The summed E-state index contributed by atoms with van der Waals surface area (Å²) in [5.41, 5.74) is 1.97. The van der Waals surface area contributed by atoms with E-state index in [1.807, 2.05) is 10.9 Å². The molecule has 1 aliphatic heterocycles. The second kappa shape index (κ2) is 7.23. The third-order valence-corrected chi connectivity index (χ3v) is 4.70. The normalized spacial score (nSPS) is 18.2. The number of nitrogens with zero attached hydrogens (tertiary/aromatic N) is 3. The van der Waals surface area contributed by atoms with Crippen molar-refractivity contribution in [3.8, 4) is 0 Å². The van der Waals surface area contributed by atoms with Gasteiger partial charge in [-0.1, -0.05) is 12.1 Å². The van der Waals surface area contributed by atoms with Gasteiger partial charge in [0.2, 0.25) is 0 Å². The van der Waals surface area contributed by atoms with Crippen molar-refractivity contribution < 1.29 is 9.50 Å². The molecule has 0 aliphatic carbocycles. The predicted molar refractivity (Wildman–Crippen MR) is 87.7 cm³/mol. The van der Waals surface area contributed by atoms with Crippen LogP contribution in [0.15, 0.2) is 36.7 Å². The second-order valence-corrected chi connectivity index (χ2v) is 6.28. The number of aliphatic hydroxyl groups excluding tert-OH is 1. The van der Waals surface area contributed by atoms with Crippen molar-refractivity contribution in [2.45, 2.75) is 38.3 Å². The molecule has 0 saturated carbocycles. The van der Waals surface area contributed by atoms with Crippen LogP contribution in [0.25, 0.3) is 0 Å². The standard InChI is InChI=1S/C18H24FN3O/c1-2-22-12-16(11-20-22)14-6-8-21(9-7-14)13-18(23)15-4-3-5-17(19)10-15/h3-5,10-12,14,18,23H,2,6-9,13H2,1H3. The maximum atomic E-state index is 13.2. The van der Waals surface area contributed by atoms with Gasteiger partial charge < -0.3 is 10.0 Å². The first-order valence-corrected chi connectivity index (χ1v) is 8.34. The molecule has 0 bridgehead atoms. The molecule has 1 fully saturated rings. The summed E-state index contributed by atoms with van der Waals surface area (Å²) in [5.74, 6) is 0.256. The van der Waals surface area contributed by atoms with Gasteiger partial charge in [0.05, 0.1) is 12.3 Å². The summed E-state index contributed by atoms with van der Waals surface area (Å²) in [6.45, 7) is 5.46. The molecule has 0 radical (unpaired) electrons. The number of likely N-dealkylation sites (tertiary alicyclic amines) is 1. The number of rotatable bonds is 5. The molecule has 124 valence electrons. The van der Waals surface area contributed by atoms with Crippen LogP contribution in [0.1, 0.15) is 42.9 Å². The molecule has 23 heavy (non-hydrogen) atoms. The van der Waals surface area contributed by atoms with Gasteiger partial charge in [-0.2, -0.15) is 5.10 Å². The molecule has 5 heteroatoms. The highest BCUT2D eigenvalue weighted by Gasteiger charge is 2.23. The van der Waals surface area contributed by atoms with Gasteiger partial charge in [0.25, 0.3) is 0 Å². The Hall–Kier alpha value is -1.72. The van der Waals surface area contributed by atoms with Gasteiger partial charge in [0.1, 0.15) is 5.82 Å². The first-order chi connectivity index (χ1) is 11.2. The van der Waals surface area contributed by atoms with Crippen LogP contribution in [0.4, 0.5) is 4.39 Å². The summed E-state index contributed by atoms with van der Waals surface area (Å²) in [6.07, 6.45) is 5.63. The van der Waals surface area contributed by atoms with Crippen molar-refractivity contribution in [1.29, 1.82) is 0 Å². The zero-order valence-electron chi connectivity index (χ0n) is 13.5. The molecule has 1 saturated heterocycles. The molecule has 4 nitrogen and oxygen atoms in total. The van der Waals surface area contributed by atoms with Crippen LogP contribution in [0.2, 0.25) is 0 Å². The fourth-order valence-corrected chi connectivity index (χ4v) is 3.28. The van der Waals surface area contributed by atoms with Crippen molar-refractivity contribution in [2.75, 3.05) is 19.6 Å². The highest BCUT2D eigenvalue weighted by molar-refractivity contribution is 5.19. The largest absolute Gasteiger partial charge is 0.387 e. The van der Waals surface area contributed by atoms with Crippen molar-refractivity contribution in [1.82, 2.24) is 14.7 Å². The first kappa shape index (κ1) is 16.1. The van der Waals surface area contributed by atoms with Gasteiger partial charge in [-0.15, -0.1) is 0 Å². The number of aromatic nitrogens is 2. The molecule has 0 spiro atoms. The number of aliphatic hydroxyl groups is 1. The molecule has 1 atom stereocenters. The average Bonchev–Trinajstić information content (AvgIpc) is 3.04. The van der Waals surface area contributed by atoms with E-state index in [1.165, 1.54) is 17.7 Å². The van der Waals surface area contributed by atoms with E-state index in [2.05, 4.69) is 23.1 Å². The fraction of sp³-hybridized carbons (Fsp3) is 0.500. The Morgan fingerprint density at radius 1 is 1.35 bits per heavy atom. The fourth-order valence-electron chi connectivity index (χ4n) is 3.28. The second-order valence-electron chi connectivity index (χ2n) is 6.28. The van der Waals surface area contributed by atoms with E-state index < -0.39 is 6.10 Å². The topological polar surface area (TPSA) is 41.3 Å². The minimum Gasteiger partial charge on any atom is -0.387 e. The molecule has 3 rings (SSSR count). The van der Waals surface area contributed by atoms with Gasteiger partial charge in [0, 0.05) is 19.3 Å². The molecule has 0 amide bonds. The number of hydrogen-bond acceptors (Lipinski definition) is 3. The zero-order valence-corrected chi connectivity index (χ0v) is 13.5. The summed E-state index contributed by atoms with van der Waals surface area (Å²) in [5, 5.41) is 14.6. The lowest BCUT2D eigenvalue weighted by molar-refractivity contribution is 0.0970. The summed E-state index contributed by atoms with van der Waals surface area (Å²) in [4.78, 5) is 2.26. The highest BCUT2D eigenvalue weighted by Crippen LogP contribution is 2.28. The Labute approximate surface area is 136 Å². The molecular weight excluding hydrogens is 293 g/mol. The van der Waals surface area contributed by atoms with Gasteiger partial charge in [-0.25, -0.2) is 4.39 Å². The lowest BCUT2D eigenvalue weighted by Crippen LogP contribution is -2.36. The number of halogens is 1. The SMILES string of the molecule is CCn1cc(C2CCN(CC(O)c3cccc(F)c3)CC2)cn1. The molecule has 1 unspecified atom stereocenters. The molecule has 1 aromatic carbocycles. The van der Waals surface area contributed by atoms with E-state index in [-0.39, 0.29) is 5.82 Å². The molecule has 2 aromatic rings. The van der Waals surface area contributed by atoms with E-state index in [9.17, 15) is 9.50 Å². The van der Waals surface area contributed by atoms with Crippen molar-refractivity contribution in [3.05, 3.63) is 53.6 Å². The smallest absolute Gasteiger partial charge is 0.123 e. The first-order valence-electron chi connectivity index (χ1n) is 8.34. The predicted octanol–water partition coefficient (Wildman–Crippen LogP) is 2.96. The van der Waals surface area contributed by atoms with Crippen LogP contribution in [0.3, 0.4) is 0 Å². The van der Waals surface area contributed by atoms with Gasteiger partial charge >= 0.3 is 0 Å². The van der Waals surface area contributed by atoms with E-state index in [0.29, 0.717) is 18.0 Å². The quantitative estimate of drug-likeness (QED) is 0.922. The summed E-state index contributed by atoms with van der Waals surface area (Å²) < 4.78 is 15.2. The van der Waals surface area contributed by atoms with Crippen LogP contribution < -0.4 is 0 Å². The summed E-state index contributed by atoms with van der Waals surface area (Å²) in [6, 6.07) is 6.24. The van der Waals surface area contributed by atoms with Crippen molar-refractivity contribution >= 4 is 0 Å². The number of benzene rings is 1. The number of β-amino-alcohol motifs (C(OH)–C–C–N with tert-alkyl or cyclic N) is 1. The van der Waals surface area contributed by atoms with Gasteiger partial charge in [0.15, 0.2) is 0 Å². The number of aryl methyl sites for hydroxylation is 1. The van der Waals surface area contributed by atoms with Crippen molar-refractivity contribution in [2.24, 2.45) is 0 Å². The molecular formula is C18H24FN3O. The highest BCUT2D eigenvalue weighted by atomic mass is 19.1.